The third-order valence-electron chi connectivity index (χ3n) is 3.21. The fourth-order valence-corrected chi connectivity index (χ4v) is 1.98. The van der Waals surface area contributed by atoms with Gasteiger partial charge in [-0.25, -0.2) is 0 Å². The molecule has 0 unspecified atom stereocenters. The summed E-state index contributed by atoms with van der Waals surface area (Å²) in [6.07, 6.45) is -12.1. The van der Waals surface area contributed by atoms with E-state index in [0.717, 1.165) is 0 Å². The van der Waals surface area contributed by atoms with E-state index in [1.807, 2.05) is 0 Å². The molecular weight excluding hydrogens is 221 g/mol. The molecule has 0 aliphatic heterocycles. The number of hydrogen-bond acceptors (Lipinski definition) is 0. The molecule has 1 saturated carbocycles. The molecule has 0 nitrogen and oxygen atoms in total. The van der Waals surface area contributed by atoms with Crippen molar-refractivity contribution in [2.45, 2.75) is 43.9 Å². The maximum Gasteiger partial charge on any atom is 0.403 e. The molecule has 0 atom stereocenters. The molecule has 88 valence electrons. The van der Waals surface area contributed by atoms with Crippen molar-refractivity contribution in [3.8, 4) is 0 Å². The lowest BCUT2D eigenvalue weighted by Crippen LogP contribution is -2.51. The van der Waals surface area contributed by atoms with Crippen LogP contribution in [0.1, 0.15) is 25.7 Å². The molecule has 7 heteroatoms. The summed E-state index contributed by atoms with van der Waals surface area (Å²) in [5.74, 6) is -0.0529. The summed E-state index contributed by atoms with van der Waals surface area (Å²) in [5.41, 5.74) is -3.47. The minimum atomic E-state index is -5.19. The first-order valence-corrected chi connectivity index (χ1v) is 4.73. The van der Waals surface area contributed by atoms with Crippen molar-refractivity contribution in [2.24, 2.45) is 5.41 Å². The van der Waals surface area contributed by atoms with Gasteiger partial charge < -0.3 is 0 Å². The third kappa shape index (κ3) is 2.11. The Morgan fingerprint density at radius 1 is 0.867 bits per heavy atom. The van der Waals surface area contributed by atoms with Gasteiger partial charge in [-0.2, -0.15) is 26.3 Å². The lowest BCUT2D eigenvalue weighted by atomic mass is 9.64. The van der Waals surface area contributed by atoms with E-state index in [0.29, 0.717) is 0 Å². The second kappa shape index (κ2) is 3.59. The summed E-state index contributed by atoms with van der Waals surface area (Å²) in [6, 6.07) is 0. The lowest BCUT2D eigenvalue weighted by Gasteiger charge is -2.41. The Morgan fingerprint density at radius 3 is 1.47 bits per heavy atom. The zero-order valence-electron chi connectivity index (χ0n) is 8.17. The standard InChI is InChI=1S/C8H11BF6/c9-5-1-3-6(4-2-5,7(10,11)12)8(13,14)15/h5H,1-4,9H2. The maximum absolute atomic E-state index is 12.5. The molecule has 0 aromatic heterocycles. The predicted molar refractivity (Wildman–Crippen MR) is 45.3 cm³/mol. The molecule has 0 spiro atoms. The molecule has 15 heavy (non-hydrogen) atoms. The Kier molecular flexibility index (Phi) is 3.04. The molecule has 1 fully saturated rings. The Bertz CT molecular complexity index is 206. The number of alkyl halides is 6. The van der Waals surface area contributed by atoms with Crippen molar-refractivity contribution < 1.29 is 26.3 Å². The average molecular weight is 232 g/mol. The van der Waals surface area contributed by atoms with Crippen LogP contribution < -0.4 is 0 Å². The maximum atomic E-state index is 12.5. The fraction of sp³-hybridized carbons (Fsp3) is 1.00. The highest BCUT2D eigenvalue weighted by atomic mass is 19.4. The van der Waals surface area contributed by atoms with E-state index < -0.39 is 30.6 Å². The molecular formula is C8H11BF6. The first kappa shape index (κ1) is 12.7. The molecule has 1 rings (SSSR count). The zero-order chi connectivity index (χ0) is 11.9. The van der Waals surface area contributed by atoms with Gasteiger partial charge in [0.2, 0.25) is 0 Å². The summed E-state index contributed by atoms with van der Waals surface area (Å²) < 4.78 is 75.0. The van der Waals surface area contributed by atoms with Crippen LogP contribution in [0.3, 0.4) is 0 Å². The summed E-state index contributed by atoms with van der Waals surface area (Å²) in [6.45, 7) is 0. The van der Waals surface area contributed by atoms with Crippen molar-refractivity contribution in [1.82, 2.24) is 0 Å². The Morgan fingerprint density at radius 2 is 1.20 bits per heavy atom. The van der Waals surface area contributed by atoms with Gasteiger partial charge in [-0.1, -0.05) is 18.7 Å². The van der Waals surface area contributed by atoms with E-state index in [1.165, 1.54) is 0 Å². The number of halogens is 6. The lowest BCUT2D eigenvalue weighted by molar-refractivity contribution is -0.349. The molecule has 0 heterocycles. The van der Waals surface area contributed by atoms with Gasteiger partial charge in [0, 0.05) is 0 Å². The molecule has 0 amide bonds. The fourth-order valence-electron chi connectivity index (χ4n) is 1.98. The molecule has 0 bridgehead atoms. The largest absolute Gasteiger partial charge is 0.403 e. The molecule has 0 aromatic carbocycles. The minimum Gasteiger partial charge on any atom is -0.170 e. The van der Waals surface area contributed by atoms with Gasteiger partial charge in [-0.05, 0) is 12.8 Å². The topological polar surface area (TPSA) is 0 Å². The Hall–Kier alpha value is -0.355. The molecule has 0 radical (unpaired) electrons. The summed E-state index contributed by atoms with van der Waals surface area (Å²) in [4.78, 5) is 0. The smallest absolute Gasteiger partial charge is 0.170 e. The van der Waals surface area contributed by atoms with Crippen LogP contribution in [0.25, 0.3) is 0 Å². The first-order valence-electron chi connectivity index (χ1n) is 4.73. The molecule has 1 aliphatic carbocycles. The van der Waals surface area contributed by atoms with Crippen LogP contribution in [0.2, 0.25) is 5.82 Å². The van der Waals surface area contributed by atoms with E-state index >= 15 is 0 Å². The van der Waals surface area contributed by atoms with Crippen molar-refractivity contribution >= 4 is 7.85 Å². The number of rotatable bonds is 0. The van der Waals surface area contributed by atoms with Crippen molar-refractivity contribution in [2.75, 3.05) is 0 Å². The van der Waals surface area contributed by atoms with Gasteiger partial charge in [0.25, 0.3) is 0 Å². The van der Waals surface area contributed by atoms with Crippen LogP contribution in [-0.2, 0) is 0 Å². The highest BCUT2D eigenvalue weighted by Crippen LogP contribution is 2.59. The predicted octanol–water partition coefficient (Wildman–Crippen LogP) is 3.09. The molecule has 0 aromatic rings. The molecule has 0 N–H and O–H groups in total. The SMILES string of the molecule is BC1CCC(C(F)(F)F)(C(F)(F)F)CC1. The van der Waals surface area contributed by atoms with Crippen LogP contribution in [0.4, 0.5) is 26.3 Å². The van der Waals surface area contributed by atoms with Gasteiger partial charge in [-0.15, -0.1) is 0 Å². The second-order valence-corrected chi connectivity index (χ2v) is 4.26. The van der Waals surface area contributed by atoms with Crippen molar-refractivity contribution in [3.63, 3.8) is 0 Å². The van der Waals surface area contributed by atoms with Crippen LogP contribution in [0.5, 0.6) is 0 Å². The average Bonchev–Trinajstić information content (AvgIpc) is 2.00. The van der Waals surface area contributed by atoms with E-state index in [9.17, 15) is 26.3 Å². The van der Waals surface area contributed by atoms with Gasteiger partial charge in [0.1, 0.15) is 7.85 Å². The quantitative estimate of drug-likeness (QED) is 0.444. The second-order valence-electron chi connectivity index (χ2n) is 4.26. The van der Waals surface area contributed by atoms with Crippen LogP contribution in [-0.4, -0.2) is 20.2 Å². The van der Waals surface area contributed by atoms with Gasteiger partial charge >= 0.3 is 12.4 Å². The van der Waals surface area contributed by atoms with Crippen LogP contribution >= 0.6 is 0 Å². The minimum absolute atomic E-state index is 0.0149. The van der Waals surface area contributed by atoms with Crippen LogP contribution in [0, 0.1) is 5.41 Å². The first-order chi connectivity index (χ1) is 6.60. The monoisotopic (exact) mass is 232 g/mol. The van der Waals surface area contributed by atoms with Crippen LogP contribution in [0.15, 0.2) is 0 Å². The zero-order valence-corrected chi connectivity index (χ0v) is 8.17. The van der Waals surface area contributed by atoms with Crippen molar-refractivity contribution in [1.29, 1.82) is 0 Å². The Balaban J connectivity index is 2.99. The summed E-state index contributed by atoms with van der Waals surface area (Å²) >= 11 is 0. The Labute approximate surface area is 84.4 Å². The molecule has 1 aliphatic rings. The highest BCUT2D eigenvalue weighted by Gasteiger charge is 2.70. The number of hydrogen-bond donors (Lipinski definition) is 0. The van der Waals surface area contributed by atoms with E-state index in [2.05, 4.69) is 0 Å². The molecule has 0 saturated heterocycles. The van der Waals surface area contributed by atoms with E-state index in [4.69, 9.17) is 0 Å². The normalized spacial score (nSPS) is 24.1. The highest BCUT2D eigenvalue weighted by molar-refractivity contribution is 6.11. The van der Waals surface area contributed by atoms with E-state index in [1.54, 1.807) is 7.85 Å². The summed E-state index contributed by atoms with van der Waals surface area (Å²) in [7, 11) is 1.68. The third-order valence-corrected chi connectivity index (χ3v) is 3.21. The summed E-state index contributed by atoms with van der Waals surface area (Å²) in [5, 5.41) is 0. The van der Waals surface area contributed by atoms with Crippen molar-refractivity contribution in [3.05, 3.63) is 0 Å². The van der Waals surface area contributed by atoms with Gasteiger partial charge in [0.15, 0.2) is 5.41 Å². The van der Waals surface area contributed by atoms with Gasteiger partial charge in [-0.3, -0.25) is 0 Å². The van der Waals surface area contributed by atoms with E-state index in [-0.39, 0.29) is 18.7 Å². The van der Waals surface area contributed by atoms with Gasteiger partial charge in [0.05, 0.1) is 0 Å².